The predicted octanol–water partition coefficient (Wildman–Crippen LogP) is 4.77. The summed E-state index contributed by atoms with van der Waals surface area (Å²) in [6, 6.07) is 16.2. The summed E-state index contributed by atoms with van der Waals surface area (Å²) >= 11 is 8.33. The van der Waals surface area contributed by atoms with E-state index in [1.165, 1.54) is 14.7 Å². The van der Waals surface area contributed by atoms with Crippen LogP contribution in [-0.4, -0.2) is 16.3 Å². The molecule has 2 aromatic carbocycles. The topological polar surface area (TPSA) is 29.9 Å². The number of aromatic nitrogens is 2. The van der Waals surface area contributed by atoms with Gasteiger partial charge in [0, 0.05) is 26.3 Å². The van der Waals surface area contributed by atoms with Crippen LogP contribution in [0.5, 0.6) is 0 Å². The first-order valence-corrected chi connectivity index (χ1v) is 8.56. The molecule has 1 N–H and O–H groups in total. The van der Waals surface area contributed by atoms with Gasteiger partial charge in [0.15, 0.2) is 0 Å². The minimum absolute atomic E-state index is 0.735. The molecule has 0 bridgehead atoms. The van der Waals surface area contributed by atoms with Crippen LogP contribution in [0.1, 0.15) is 5.56 Å². The molecule has 1 aliphatic rings. The molecule has 1 aromatic heterocycles. The van der Waals surface area contributed by atoms with Crippen molar-refractivity contribution in [1.29, 1.82) is 0 Å². The van der Waals surface area contributed by atoms with Crippen molar-refractivity contribution in [1.82, 2.24) is 9.78 Å². The molecular weight excluding hydrogens is 409 g/mol. The van der Waals surface area contributed by atoms with Crippen LogP contribution in [0.3, 0.4) is 0 Å². The summed E-state index contributed by atoms with van der Waals surface area (Å²) in [4.78, 5) is 0. The Hall–Kier alpha value is -1.53. The van der Waals surface area contributed by atoms with E-state index >= 15 is 0 Å². The van der Waals surface area contributed by atoms with Crippen LogP contribution in [0.2, 0.25) is 5.02 Å². The second-order valence-electron chi connectivity index (χ2n) is 5.25. The average Bonchev–Trinajstić information content (AvgIpc) is 3.10. The third kappa shape index (κ3) is 2.40. The first-order chi connectivity index (χ1) is 10.7. The summed E-state index contributed by atoms with van der Waals surface area (Å²) in [5, 5.41) is 9.04. The molecule has 22 heavy (non-hydrogen) atoms. The average molecular weight is 422 g/mol. The molecule has 5 heteroatoms. The lowest BCUT2D eigenvalue weighted by atomic mass is 10.1. The molecule has 3 nitrogen and oxygen atoms in total. The van der Waals surface area contributed by atoms with E-state index in [0.29, 0.717) is 0 Å². The van der Waals surface area contributed by atoms with Gasteiger partial charge in [-0.15, -0.1) is 0 Å². The number of nitrogens with zero attached hydrogens (tertiary/aromatic N) is 2. The molecule has 0 aliphatic carbocycles. The Bertz CT molecular complexity index is 840. The zero-order chi connectivity index (χ0) is 15.1. The number of rotatable bonds is 2. The summed E-state index contributed by atoms with van der Waals surface area (Å²) in [7, 11) is 0. The zero-order valence-corrected chi connectivity index (χ0v) is 14.6. The Labute approximate surface area is 147 Å². The van der Waals surface area contributed by atoms with Crippen molar-refractivity contribution < 1.29 is 0 Å². The van der Waals surface area contributed by atoms with Crippen molar-refractivity contribution in [2.45, 2.75) is 6.42 Å². The van der Waals surface area contributed by atoms with Crippen LogP contribution in [-0.2, 0) is 6.42 Å². The first kappa shape index (κ1) is 14.1. The normalized spacial score (nSPS) is 13.0. The Morgan fingerprint density at radius 1 is 1.14 bits per heavy atom. The first-order valence-electron chi connectivity index (χ1n) is 7.10. The van der Waals surface area contributed by atoms with E-state index in [-0.39, 0.29) is 0 Å². The molecule has 4 rings (SSSR count). The molecule has 3 aromatic rings. The molecule has 0 saturated carbocycles. The summed E-state index contributed by atoms with van der Waals surface area (Å²) in [6.07, 6.45) is 1.00. The maximum atomic E-state index is 5.99. The van der Waals surface area contributed by atoms with Gasteiger partial charge < -0.3 is 5.32 Å². The van der Waals surface area contributed by atoms with Gasteiger partial charge in [0.1, 0.15) is 5.82 Å². The molecule has 0 atom stereocenters. The van der Waals surface area contributed by atoms with Gasteiger partial charge in [-0.3, -0.25) is 0 Å². The highest BCUT2D eigenvalue weighted by molar-refractivity contribution is 14.1. The molecule has 110 valence electrons. The minimum atomic E-state index is 0.735. The van der Waals surface area contributed by atoms with E-state index in [0.717, 1.165) is 35.2 Å². The van der Waals surface area contributed by atoms with Crippen molar-refractivity contribution in [2.75, 3.05) is 11.9 Å². The monoisotopic (exact) mass is 421 g/mol. The van der Waals surface area contributed by atoms with Gasteiger partial charge in [0.2, 0.25) is 0 Å². The van der Waals surface area contributed by atoms with E-state index in [1.54, 1.807) is 0 Å². The van der Waals surface area contributed by atoms with Gasteiger partial charge >= 0.3 is 0 Å². The second kappa shape index (κ2) is 5.59. The highest BCUT2D eigenvalue weighted by Gasteiger charge is 2.23. The summed E-state index contributed by atoms with van der Waals surface area (Å²) < 4.78 is 3.20. The fraction of sp³-hybridized carbons (Fsp3) is 0.118. The summed E-state index contributed by atoms with van der Waals surface area (Å²) in [5.41, 5.74) is 4.54. The van der Waals surface area contributed by atoms with Crippen LogP contribution in [0.15, 0.2) is 48.5 Å². The second-order valence-corrected chi connectivity index (χ2v) is 6.93. The fourth-order valence-corrected chi connectivity index (χ4v) is 3.48. The SMILES string of the molecule is Clc1ccc(-n2nc(-c3cccc(I)c3)c3c2NCC3)cc1. The van der Waals surface area contributed by atoms with Gasteiger partial charge in [0.05, 0.1) is 11.4 Å². The standard InChI is InChI=1S/C17H13ClIN3/c18-12-4-6-14(7-5-12)22-17-15(8-9-20-17)16(21-22)11-2-1-3-13(19)10-11/h1-7,10,20H,8-9H2. The summed E-state index contributed by atoms with van der Waals surface area (Å²) in [5.74, 6) is 1.09. The third-order valence-corrected chi connectivity index (χ3v) is 4.74. The van der Waals surface area contributed by atoms with Gasteiger partial charge in [-0.25, -0.2) is 4.68 Å². The van der Waals surface area contributed by atoms with E-state index in [1.807, 2.05) is 28.9 Å². The van der Waals surface area contributed by atoms with Crippen molar-refractivity contribution in [2.24, 2.45) is 0 Å². The van der Waals surface area contributed by atoms with E-state index in [9.17, 15) is 0 Å². The summed E-state index contributed by atoms with van der Waals surface area (Å²) in [6.45, 7) is 0.956. The van der Waals surface area contributed by atoms with Crippen LogP contribution in [0, 0.1) is 3.57 Å². The molecule has 0 fully saturated rings. The molecular formula is C17H13ClIN3. The molecule has 0 saturated heterocycles. The number of hydrogen-bond donors (Lipinski definition) is 1. The Morgan fingerprint density at radius 2 is 1.95 bits per heavy atom. The minimum Gasteiger partial charge on any atom is -0.369 e. The van der Waals surface area contributed by atoms with Crippen molar-refractivity contribution >= 4 is 40.0 Å². The van der Waals surface area contributed by atoms with Gasteiger partial charge in [0.25, 0.3) is 0 Å². The lowest BCUT2D eigenvalue weighted by Gasteiger charge is -2.06. The number of anilines is 1. The maximum Gasteiger partial charge on any atom is 0.133 e. The van der Waals surface area contributed by atoms with Gasteiger partial charge in [-0.2, -0.15) is 5.10 Å². The van der Waals surface area contributed by atoms with Crippen LogP contribution >= 0.6 is 34.2 Å². The number of halogens is 2. The molecule has 0 spiro atoms. The zero-order valence-electron chi connectivity index (χ0n) is 11.7. The van der Waals surface area contributed by atoms with E-state index in [2.05, 4.69) is 52.2 Å². The number of benzene rings is 2. The van der Waals surface area contributed by atoms with Crippen molar-refractivity contribution in [3.8, 4) is 16.9 Å². The Kier molecular flexibility index (Phi) is 3.58. The Morgan fingerprint density at radius 3 is 2.73 bits per heavy atom. The van der Waals surface area contributed by atoms with E-state index < -0.39 is 0 Å². The van der Waals surface area contributed by atoms with Gasteiger partial charge in [-0.1, -0.05) is 23.7 Å². The van der Waals surface area contributed by atoms with Crippen LogP contribution in [0.25, 0.3) is 16.9 Å². The fourth-order valence-electron chi connectivity index (χ4n) is 2.81. The number of fused-ring (bicyclic) bond motifs is 1. The van der Waals surface area contributed by atoms with Crippen molar-refractivity contribution in [3.63, 3.8) is 0 Å². The van der Waals surface area contributed by atoms with E-state index in [4.69, 9.17) is 16.7 Å². The highest BCUT2D eigenvalue weighted by atomic mass is 127. The predicted molar refractivity (Wildman–Crippen MR) is 98.9 cm³/mol. The maximum absolute atomic E-state index is 5.99. The molecule has 1 aliphatic heterocycles. The third-order valence-electron chi connectivity index (χ3n) is 3.82. The highest BCUT2D eigenvalue weighted by Crippen LogP contribution is 2.35. The molecule has 0 unspecified atom stereocenters. The molecule has 0 radical (unpaired) electrons. The molecule has 0 amide bonds. The van der Waals surface area contributed by atoms with Crippen LogP contribution < -0.4 is 5.32 Å². The quantitative estimate of drug-likeness (QED) is 0.604. The smallest absolute Gasteiger partial charge is 0.133 e. The lowest BCUT2D eigenvalue weighted by Crippen LogP contribution is -2.04. The number of hydrogen-bond acceptors (Lipinski definition) is 2. The van der Waals surface area contributed by atoms with Crippen molar-refractivity contribution in [3.05, 3.63) is 62.7 Å². The molecule has 2 heterocycles. The largest absolute Gasteiger partial charge is 0.369 e. The Balaban J connectivity index is 1.88. The van der Waals surface area contributed by atoms with Crippen LogP contribution in [0.4, 0.5) is 5.82 Å². The van der Waals surface area contributed by atoms with Gasteiger partial charge in [-0.05, 0) is 65.4 Å². The lowest BCUT2D eigenvalue weighted by molar-refractivity contribution is 0.882. The number of nitrogens with one attached hydrogen (secondary N) is 1.